The van der Waals surface area contributed by atoms with Crippen molar-refractivity contribution in [1.29, 1.82) is 0 Å². The van der Waals surface area contributed by atoms with Crippen molar-refractivity contribution in [2.75, 3.05) is 19.7 Å². The molecule has 2 unspecified atom stereocenters. The first-order chi connectivity index (χ1) is 11.9. The van der Waals surface area contributed by atoms with Crippen LogP contribution >= 0.6 is 0 Å². The highest BCUT2D eigenvalue weighted by Crippen LogP contribution is 2.22. The lowest BCUT2D eigenvalue weighted by Gasteiger charge is -2.37. The van der Waals surface area contributed by atoms with E-state index in [2.05, 4.69) is 5.10 Å². The van der Waals surface area contributed by atoms with E-state index in [9.17, 15) is 4.79 Å². The van der Waals surface area contributed by atoms with Crippen molar-refractivity contribution < 1.29 is 9.53 Å². The molecule has 6 nitrogen and oxygen atoms in total. The van der Waals surface area contributed by atoms with Crippen LogP contribution in [0.5, 0.6) is 0 Å². The largest absolute Gasteiger partial charge is 0.373 e. The van der Waals surface area contributed by atoms with Gasteiger partial charge in [0.1, 0.15) is 5.54 Å². The zero-order chi connectivity index (χ0) is 18.0. The van der Waals surface area contributed by atoms with Crippen molar-refractivity contribution in [1.82, 2.24) is 14.7 Å². The number of benzene rings is 1. The fourth-order valence-corrected chi connectivity index (χ4v) is 3.30. The highest BCUT2D eigenvalue weighted by atomic mass is 16.5. The van der Waals surface area contributed by atoms with E-state index in [1.54, 1.807) is 6.92 Å². The Morgan fingerprint density at radius 2 is 2.08 bits per heavy atom. The molecule has 25 heavy (non-hydrogen) atoms. The molecular weight excluding hydrogens is 316 g/mol. The second-order valence-corrected chi connectivity index (χ2v) is 6.92. The van der Waals surface area contributed by atoms with Crippen LogP contribution in [0.3, 0.4) is 0 Å². The van der Waals surface area contributed by atoms with Gasteiger partial charge in [-0.1, -0.05) is 30.3 Å². The van der Waals surface area contributed by atoms with Gasteiger partial charge >= 0.3 is 0 Å². The second kappa shape index (κ2) is 6.98. The van der Waals surface area contributed by atoms with Crippen LogP contribution in [-0.2, 0) is 21.6 Å². The van der Waals surface area contributed by atoms with Gasteiger partial charge in [0, 0.05) is 18.8 Å². The molecule has 1 saturated heterocycles. The fourth-order valence-electron chi connectivity index (χ4n) is 3.30. The summed E-state index contributed by atoms with van der Waals surface area (Å²) in [6, 6.07) is 11.6. The molecule has 0 saturated carbocycles. The highest BCUT2D eigenvalue weighted by Gasteiger charge is 2.36. The summed E-state index contributed by atoms with van der Waals surface area (Å²) in [7, 11) is 0. The van der Waals surface area contributed by atoms with Gasteiger partial charge < -0.3 is 15.4 Å². The summed E-state index contributed by atoms with van der Waals surface area (Å²) >= 11 is 0. The van der Waals surface area contributed by atoms with E-state index < -0.39 is 5.54 Å². The first-order valence-corrected chi connectivity index (χ1v) is 8.64. The first-order valence-electron chi connectivity index (χ1n) is 8.64. The molecule has 0 aliphatic carbocycles. The van der Waals surface area contributed by atoms with Crippen LogP contribution in [0.4, 0.5) is 0 Å². The quantitative estimate of drug-likeness (QED) is 0.916. The molecule has 6 heteroatoms. The first kappa shape index (κ1) is 17.6. The number of amides is 1. The fraction of sp³-hybridized carbons (Fsp3) is 0.474. The van der Waals surface area contributed by atoms with Crippen LogP contribution in [0.1, 0.15) is 23.9 Å². The summed E-state index contributed by atoms with van der Waals surface area (Å²) in [6.07, 6.45) is -0.0812. The normalized spacial score (nSPS) is 20.3. The molecule has 1 fully saturated rings. The average molecular weight is 342 g/mol. The smallest absolute Gasteiger partial charge is 0.247 e. The summed E-state index contributed by atoms with van der Waals surface area (Å²) < 4.78 is 7.79. The number of morpholine rings is 1. The molecule has 1 aromatic heterocycles. The Hall–Kier alpha value is -2.18. The lowest BCUT2D eigenvalue weighted by molar-refractivity contribution is -0.145. The Kier molecular flexibility index (Phi) is 4.92. The van der Waals surface area contributed by atoms with E-state index in [0.29, 0.717) is 26.2 Å². The van der Waals surface area contributed by atoms with Gasteiger partial charge in [0.2, 0.25) is 5.91 Å². The highest BCUT2D eigenvalue weighted by molar-refractivity contribution is 5.87. The minimum Gasteiger partial charge on any atom is -0.373 e. The molecule has 0 bridgehead atoms. The molecule has 1 aromatic carbocycles. The number of aryl methyl sites for hydroxylation is 2. The average Bonchev–Trinajstić information content (AvgIpc) is 2.92. The Morgan fingerprint density at radius 3 is 2.72 bits per heavy atom. The molecule has 1 aliphatic rings. The van der Waals surface area contributed by atoms with E-state index in [0.717, 1.165) is 17.0 Å². The van der Waals surface area contributed by atoms with Crippen LogP contribution in [0.25, 0.3) is 0 Å². The molecule has 2 atom stereocenters. The van der Waals surface area contributed by atoms with Gasteiger partial charge in [0.25, 0.3) is 0 Å². The third-order valence-electron chi connectivity index (χ3n) is 4.72. The summed E-state index contributed by atoms with van der Waals surface area (Å²) in [6.45, 7) is 8.01. The van der Waals surface area contributed by atoms with E-state index >= 15 is 0 Å². The van der Waals surface area contributed by atoms with Crippen molar-refractivity contribution in [2.24, 2.45) is 5.73 Å². The van der Waals surface area contributed by atoms with Gasteiger partial charge in [-0.25, -0.2) is 0 Å². The zero-order valence-electron chi connectivity index (χ0n) is 15.1. The molecule has 134 valence electrons. The van der Waals surface area contributed by atoms with Gasteiger partial charge in [0.15, 0.2) is 0 Å². The third kappa shape index (κ3) is 3.75. The van der Waals surface area contributed by atoms with E-state index in [-0.39, 0.29) is 12.0 Å². The number of nitrogens with zero attached hydrogens (tertiary/aromatic N) is 3. The van der Waals surface area contributed by atoms with Crippen molar-refractivity contribution in [3.05, 3.63) is 53.3 Å². The van der Waals surface area contributed by atoms with Crippen LogP contribution in [0, 0.1) is 13.8 Å². The van der Waals surface area contributed by atoms with E-state index in [1.165, 1.54) is 0 Å². The number of ether oxygens (including phenoxy) is 1. The van der Waals surface area contributed by atoms with Crippen LogP contribution < -0.4 is 5.73 Å². The number of carbonyl (C=O) groups is 1. The second-order valence-electron chi connectivity index (χ2n) is 6.92. The summed E-state index contributed by atoms with van der Waals surface area (Å²) in [5, 5.41) is 4.48. The predicted molar refractivity (Wildman–Crippen MR) is 96.0 cm³/mol. The van der Waals surface area contributed by atoms with Gasteiger partial charge in [-0.15, -0.1) is 0 Å². The predicted octanol–water partition coefficient (Wildman–Crippen LogP) is 1.60. The van der Waals surface area contributed by atoms with Crippen molar-refractivity contribution in [3.8, 4) is 0 Å². The van der Waals surface area contributed by atoms with Crippen molar-refractivity contribution >= 4 is 5.91 Å². The minimum absolute atomic E-state index is 0.0691. The van der Waals surface area contributed by atoms with Crippen molar-refractivity contribution in [3.63, 3.8) is 0 Å². The monoisotopic (exact) mass is 342 g/mol. The number of hydrogen-bond donors (Lipinski definition) is 1. The molecule has 0 radical (unpaired) electrons. The number of aromatic nitrogens is 2. The maximum Gasteiger partial charge on any atom is 0.247 e. The zero-order valence-corrected chi connectivity index (χ0v) is 15.1. The summed E-state index contributed by atoms with van der Waals surface area (Å²) in [4.78, 5) is 14.8. The Balaban J connectivity index is 1.70. The molecule has 2 N–H and O–H groups in total. The van der Waals surface area contributed by atoms with Crippen molar-refractivity contribution in [2.45, 2.75) is 39.0 Å². The molecule has 0 spiro atoms. The number of rotatable bonds is 4. The van der Waals surface area contributed by atoms with Crippen LogP contribution in [-0.4, -0.2) is 46.4 Å². The molecule has 1 aliphatic heterocycles. The maximum absolute atomic E-state index is 13.0. The topological polar surface area (TPSA) is 73.4 Å². The number of carbonyl (C=O) groups excluding carboxylic acids is 1. The number of hydrogen-bond acceptors (Lipinski definition) is 4. The van der Waals surface area contributed by atoms with Gasteiger partial charge in [-0.2, -0.15) is 5.10 Å². The number of nitrogens with two attached hydrogens (primary N) is 1. The van der Waals surface area contributed by atoms with Gasteiger partial charge in [-0.05, 0) is 32.4 Å². The Morgan fingerprint density at radius 1 is 1.36 bits per heavy atom. The maximum atomic E-state index is 13.0. The molecule has 1 amide bonds. The third-order valence-corrected chi connectivity index (χ3v) is 4.72. The SMILES string of the molecule is Cc1cc(C)n(CC2CN(C(=O)C(C)(N)c3ccccc3)CCO2)n1. The van der Waals surface area contributed by atoms with E-state index in [4.69, 9.17) is 10.5 Å². The lowest BCUT2D eigenvalue weighted by atomic mass is 9.91. The molecule has 3 rings (SSSR count). The molecule has 2 aromatic rings. The standard InChI is InChI=1S/C19H26N4O2/c1-14-11-15(2)23(21-14)13-17-12-22(9-10-25-17)18(24)19(3,20)16-7-5-4-6-8-16/h4-8,11,17H,9-10,12-13,20H2,1-3H3. The van der Waals surface area contributed by atoms with Crippen LogP contribution in [0.2, 0.25) is 0 Å². The molecular formula is C19H26N4O2. The summed E-state index contributed by atoms with van der Waals surface area (Å²) in [5.41, 5.74) is 8.25. The Bertz CT molecular complexity index is 739. The lowest BCUT2D eigenvalue weighted by Crippen LogP contribution is -2.56. The van der Waals surface area contributed by atoms with E-state index in [1.807, 2.05) is 59.8 Å². The Labute approximate surface area is 148 Å². The molecule has 2 heterocycles. The summed E-state index contributed by atoms with van der Waals surface area (Å²) in [5.74, 6) is -0.0691. The van der Waals surface area contributed by atoms with Crippen LogP contribution in [0.15, 0.2) is 36.4 Å². The van der Waals surface area contributed by atoms with Gasteiger partial charge in [0.05, 0.1) is 24.9 Å². The van der Waals surface area contributed by atoms with Gasteiger partial charge in [-0.3, -0.25) is 9.48 Å². The minimum atomic E-state index is -1.04.